The molecule has 0 aromatic rings. The fourth-order valence-electron chi connectivity index (χ4n) is 3.13. The van der Waals surface area contributed by atoms with Gasteiger partial charge in [-0.2, -0.15) is 0 Å². The predicted molar refractivity (Wildman–Crippen MR) is 76.1 cm³/mol. The summed E-state index contributed by atoms with van der Waals surface area (Å²) in [6.07, 6.45) is 10.5. The number of rotatable bonds is 3. The summed E-state index contributed by atoms with van der Waals surface area (Å²) in [4.78, 5) is 4.62. The van der Waals surface area contributed by atoms with Gasteiger partial charge in [-0.05, 0) is 37.5 Å². The smallest absolute Gasteiger partial charge is 0.205 e. The Morgan fingerprint density at radius 3 is 2.39 bits per heavy atom. The Labute approximate surface area is 111 Å². The maximum atomic E-state index is 5.55. The molecule has 0 aromatic heterocycles. The normalized spacial score (nSPS) is 30.4. The second-order valence-corrected chi connectivity index (χ2v) is 6.09. The summed E-state index contributed by atoms with van der Waals surface area (Å²) in [6.45, 7) is 3.28. The maximum absolute atomic E-state index is 5.55. The van der Waals surface area contributed by atoms with Crippen molar-refractivity contribution in [3.63, 3.8) is 0 Å². The Morgan fingerprint density at radius 1 is 1.11 bits per heavy atom. The summed E-state index contributed by atoms with van der Waals surface area (Å²) in [5.41, 5.74) is 2.72. The molecule has 0 saturated heterocycles. The number of nitrogens with one attached hydrogen (secondary N) is 2. The molecule has 4 heteroatoms. The van der Waals surface area contributed by atoms with Crippen LogP contribution in [0.15, 0.2) is 4.99 Å². The zero-order valence-electron chi connectivity index (χ0n) is 11.6. The summed E-state index contributed by atoms with van der Waals surface area (Å²) in [5.74, 6) is 8.01. The highest BCUT2D eigenvalue weighted by Crippen LogP contribution is 2.28. The Balaban J connectivity index is 1.74. The van der Waals surface area contributed by atoms with Crippen molar-refractivity contribution in [3.05, 3.63) is 0 Å². The van der Waals surface area contributed by atoms with Crippen LogP contribution in [0.2, 0.25) is 0 Å². The van der Waals surface area contributed by atoms with Gasteiger partial charge in [-0.3, -0.25) is 10.4 Å². The van der Waals surface area contributed by atoms with Gasteiger partial charge in [0.2, 0.25) is 5.96 Å². The van der Waals surface area contributed by atoms with Gasteiger partial charge >= 0.3 is 0 Å². The SMILES string of the molecule is CC1CCC(CN=C(NN)NC2CCCC2)CC1. The molecule has 0 aromatic carbocycles. The average Bonchev–Trinajstić information content (AvgIpc) is 2.89. The number of hydrogen-bond acceptors (Lipinski definition) is 2. The van der Waals surface area contributed by atoms with Gasteiger partial charge in [0.1, 0.15) is 0 Å². The van der Waals surface area contributed by atoms with Crippen molar-refractivity contribution < 1.29 is 0 Å². The fraction of sp³-hybridized carbons (Fsp3) is 0.929. The number of hydrogen-bond donors (Lipinski definition) is 3. The van der Waals surface area contributed by atoms with Crippen LogP contribution in [0.5, 0.6) is 0 Å². The zero-order chi connectivity index (χ0) is 12.8. The van der Waals surface area contributed by atoms with Gasteiger partial charge in [-0.1, -0.05) is 32.6 Å². The van der Waals surface area contributed by atoms with Crippen molar-refractivity contribution in [2.75, 3.05) is 6.54 Å². The topological polar surface area (TPSA) is 62.4 Å². The molecule has 0 radical (unpaired) electrons. The summed E-state index contributed by atoms with van der Waals surface area (Å²) in [7, 11) is 0. The van der Waals surface area contributed by atoms with Gasteiger partial charge in [-0.25, -0.2) is 5.84 Å². The molecule has 0 heterocycles. The molecule has 4 N–H and O–H groups in total. The van der Waals surface area contributed by atoms with E-state index in [1.54, 1.807) is 0 Å². The van der Waals surface area contributed by atoms with Gasteiger partial charge < -0.3 is 5.32 Å². The molecule has 0 amide bonds. The monoisotopic (exact) mass is 252 g/mol. The van der Waals surface area contributed by atoms with Gasteiger partial charge in [0.05, 0.1) is 0 Å². The summed E-state index contributed by atoms with van der Waals surface area (Å²) >= 11 is 0. The van der Waals surface area contributed by atoms with Crippen LogP contribution in [0, 0.1) is 11.8 Å². The zero-order valence-corrected chi connectivity index (χ0v) is 11.6. The minimum atomic E-state index is 0.575. The van der Waals surface area contributed by atoms with E-state index in [0.717, 1.165) is 24.3 Å². The second-order valence-electron chi connectivity index (χ2n) is 6.09. The average molecular weight is 252 g/mol. The Morgan fingerprint density at radius 2 is 1.78 bits per heavy atom. The highest BCUT2D eigenvalue weighted by molar-refractivity contribution is 5.79. The van der Waals surface area contributed by atoms with Crippen molar-refractivity contribution in [2.24, 2.45) is 22.7 Å². The number of hydrazine groups is 1. The van der Waals surface area contributed by atoms with E-state index in [2.05, 4.69) is 22.7 Å². The number of aliphatic imine (C=N–C) groups is 1. The molecule has 0 unspecified atom stereocenters. The first-order valence-corrected chi connectivity index (χ1v) is 7.55. The number of nitrogens with zero attached hydrogens (tertiary/aromatic N) is 1. The van der Waals surface area contributed by atoms with Gasteiger partial charge in [0.25, 0.3) is 0 Å². The predicted octanol–water partition coefficient (Wildman–Crippen LogP) is 2.16. The van der Waals surface area contributed by atoms with Crippen molar-refractivity contribution in [2.45, 2.75) is 64.3 Å². The van der Waals surface area contributed by atoms with Crippen molar-refractivity contribution in [3.8, 4) is 0 Å². The second kappa shape index (κ2) is 6.98. The molecule has 18 heavy (non-hydrogen) atoms. The molecule has 104 valence electrons. The molecule has 2 rings (SSSR count). The van der Waals surface area contributed by atoms with E-state index in [0.29, 0.717) is 6.04 Å². The summed E-state index contributed by atoms with van der Waals surface area (Å²) in [6, 6.07) is 0.575. The van der Waals surface area contributed by atoms with E-state index >= 15 is 0 Å². The molecule has 2 saturated carbocycles. The van der Waals surface area contributed by atoms with E-state index in [1.807, 2.05) is 0 Å². The number of nitrogens with two attached hydrogens (primary N) is 1. The van der Waals surface area contributed by atoms with E-state index < -0.39 is 0 Å². The molecule has 2 aliphatic carbocycles. The lowest BCUT2D eigenvalue weighted by Crippen LogP contribution is -2.45. The van der Waals surface area contributed by atoms with Crippen LogP contribution >= 0.6 is 0 Å². The van der Waals surface area contributed by atoms with E-state index in [-0.39, 0.29) is 0 Å². The Hall–Kier alpha value is -0.770. The van der Waals surface area contributed by atoms with Crippen LogP contribution in [0.3, 0.4) is 0 Å². The largest absolute Gasteiger partial charge is 0.353 e. The standard InChI is InChI=1S/C14H28N4/c1-11-6-8-12(9-7-11)10-16-14(18-15)17-13-4-2-3-5-13/h11-13H,2-10,15H2,1H3,(H2,16,17,18). The summed E-state index contributed by atoms with van der Waals surface area (Å²) in [5, 5.41) is 3.43. The van der Waals surface area contributed by atoms with E-state index in [9.17, 15) is 0 Å². The van der Waals surface area contributed by atoms with Crippen molar-refractivity contribution in [1.29, 1.82) is 0 Å². The van der Waals surface area contributed by atoms with Crippen LogP contribution in [-0.4, -0.2) is 18.5 Å². The first-order chi connectivity index (χ1) is 8.78. The highest BCUT2D eigenvalue weighted by atomic mass is 15.3. The van der Waals surface area contributed by atoms with Gasteiger partial charge in [0.15, 0.2) is 0 Å². The minimum absolute atomic E-state index is 0.575. The third-order valence-corrected chi connectivity index (χ3v) is 4.48. The lowest BCUT2D eigenvalue weighted by atomic mass is 9.83. The molecule has 4 nitrogen and oxygen atoms in total. The molecule has 0 aliphatic heterocycles. The first-order valence-electron chi connectivity index (χ1n) is 7.55. The lowest BCUT2D eigenvalue weighted by Gasteiger charge is -2.25. The fourth-order valence-corrected chi connectivity index (χ4v) is 3.13. The van der Waals surface area contributed by atoms with Crippen LogP contribution in [0.4, 0.5) is 0 Å². The van der Waals surface area contributed by atoms with Crippen molar-refractivity contribution in [1.82, 2.24) is 10.7 Å². The molecule has 0 spiro atoms. The summed E-state index contributed by atoms with van der Waals surface area (Å²) < 4.78 is 0. The van der Waals surface area contributed by atoms with E-state index in [4.69, 9.17) is 5.84 Å². The minimum Gasteiger partial charge on any atom is -0.353 e. The molecular formula is C14H28N4. The third-order valence-electron chi connectivity index (χ3n) is 4.48. The van der Waals surface area contributed by atoms with Crippen LogP contribution < -0.4 is 16.6 Å². The number of guanidine groups is 1. The van der Waals surface area contributed by atoms with E-state index in [1.165, 1.54) is 51.4 Å². The van der Waals surface area contributed by atoms with Gasteiger partial charge in [-0.15, -0.1) is 0 Å². The third kappa shape index (κ3) is 4.16. The Bertz CT molecular complexity index is 263. The Kier molecular flexibility index (Phi) is 5.29. The van der Waals surface area contributed by atoms with Crippen LogP contribution in [0.1, 0.15) is 58.3 Å². The molecule has 0 bridgehead atoms. The molecule has 2 fully saturated rings. The quantitative estimate of drug-likeness (QED) is 0.312. The lowest BCUT2D eigenvalue weighted by molar-refractivity contribution is 0.296. The molecule has 0 atom stereocenters. The highest BCUT2D eigenvalue weighted by Gasteiger charge is 2.19. The van der Waals surface area contributed by atoms with Gasteiger partial charge in [0, 0.05) is 12.6 Å². The van der Waals surface area contributed by atoms with Crippen molar-refractivity contribution >= 4 is 5.96 Å². The van der Waals surface area contributed by atoms with Crippen LogP contribution in [0.25, 0.3) is 0 Å². The molecule has 2 aliphatic rings. The molecular weight excluding hydrogens is 224 g/mol. The van der Waals surface area contributed by atoms with Crippen LogP contribution in [-0.2, 0) is 0 Å². The first kappa shape index (κ1) is 13.7. The maximum Gasteiger partial charge on any atom is 0.205 e.